The lowest BCUT2D eigenvalue weighted by atomic mass is 10.2. The minimum atomic E-state index is -4.18. The van der Waals surface area contributed by atoms with Gasteiger partial charge in [0.15, 0.2) is 0 Å². The topological polar surface area (TPSA) is 33.1 Å². The monoisotopic (exact) mass is 277 g/mol. The van der Waals surface area contributed by atoms with Crippen LogP contribution in [0, 0.1) is 0 Å². The first-order valence-corrected chi connectivity index (χ1v) is 6.29. The maximum atomic E-state index is 12.0. The number of rotatable bonds is 5. The molecule has 1 aromatic heterocycles. The molecule has 0 fully saturated rings. The first-order valence-electron chi connectivity index (χ1n) is 5.41. The standard InChI is InChI=1S/C12H14F3NOS/c1-2-9(4-3-6-12(13,14)15)11-16-10(5-7-17)8-18-11/h2-4,8,17H,5-7H2,1H3/b4-3-,9-2+. The van der Waals surface area contributed by atoms with Crippen molar-refractivity contribution >= 4 is 16.9 Å². The summed E-state index contributed by atoms with van der Waals surface area (Å²) in [5.41, 5.74) is 1.41. The minimum absolute atomic E-state index is 0.0122. The molecule has 0 aliphatic heterocycles. The molecular formula is C12H14F3NOS. The highest BCUT2D eigenvalue weighted by molar-refractivity contribution is 7.10. The molecule has 0 saturated carbocycles. The first-order chi connectivity index (χ1) is 8.46. The highest BCUT2D eigenvalue weighted by atomic mass is 32.1. The fraction of sp³-hybridized carbons (Fsp3) is 0.417. The van der Waals surface area contributed by atoms with Gasteiger partial charge in [-0.25, -0.2) is 4.98 Å². The summed E-state index contributed by atoms with van der Waals surface area (Å²) < 4.78 is 36.0. The third-order valence-electron chi connectivity index (χ3n) is 2.12. The van der Waals surface area contributed by atoms with Gasteiger partial charge >= 0.3 is 6.18 Å². The maximum absolute atomic E-state index is 12.0. The van der Waals surface area contributed by atoms with Gasteiger partial charge in [-0.2, -0.15) is 13.2 Å². The van der Waals surface area contributed by atoms with Gasteiger partial charge in [0, 0.05) is 24.0 Å². The van der Waals surface area contributed by atoms with Gasteiger partial charge in [-0.05, 0) is 6.92 Å². The van der Waals surface area contributed by atoms with Crippen molar-refractivity contribution in [3.8, 4) is 0 Å². The molecule has 6 heteroatoms. The van der Waals surface area contributed by atoms with Crippen LogP contribution in [-0.4, -0.2) is 22.9 Å². The van der Waals surface area contributed by atoms with E-state index < -0.39 is 12.6 Å². The molecule has 0 atom stereocenters. The molecule has 0 spiro atoms. The molecule has 0 unspecified atom stereocenters. The molecule has 1 N–H and O–H groups in total. The third kappa shape index (κ3) is 5.01. The summed E-state index contributed by atoms with van der Waals surface area (Å²) in [6.07, 6.45) is -0.439. The fourth-order valence-electron chi connectivity index (χ4n) is 1.28. The van der Waals surface area contributed by atoms with E-state index >= 15 is 0 Å². The zero-order valence-electron chi connectivity index (χ0n) is 9.87. The number of halogens is 3. The SMILES string of the molecule is C/C=C(\C=C/CC(F)(F)F)c1nc(CCO)cs1. The predicted molar refractivity (Wildman–Crippen MR) is 66.4 cm³/mol. The van der Waals surface area contributed by atoms with Gasteiger partial charge in [0.2, 0.25) is 0 Å². The normalized spacial score (nSPS) is 13.5. The fourth-order valence-corrected chi connectivity index (χ4v) is 2.19. The van der Waals surface area contributed by atoms with Crippen LogP contribution in [0.3, 0.4) is 0 Å². The van der Waals surface area contributed by atoms with E-state index in [9.17, 15) is 13.2 Å². The highest BCUT2D eigenvalue weighted by Gasteiger charge is 2.24. The quantitative estimate of drug-likeness (QED) is 0.834. The van der Waals surface area contributed by atoms with E-state index in [4.69, 9.17) is 5.11 Å². The number of hydrogen-bond acceptors (Lipinski definition) is 3. The highest BCUT2D eigenvalue weighted by Crippen LogP contribution is 2.24. The van der Waals surface area contributed by atoms with Crippen molar-refractivity contribution in [2.24, 2.45) is 0 Å². The lowest BCUT2D eigenvalue weighted by Gasteiger charge is -2.01. The van der Waals surface area contributed by atoms with E-state index in [1.807, 2.05) is 0 Å². The molecular weight excluding hydrogens is 263 g/mol. The average Bonchev–Trinajstić information content (AvgIpc) is 2.72. The Morgan fingerprint density at radius 3 is 2.78 bits per heavy atom. The lowest BCUT2D eigenvalue weighted by Crippen LogP contribution is -2.04. The van der Waals surface area contributed by atoms with Gasteiger partial charge < -0.3 is 5.11 Å². The van der Waals surface area contributed by atoms with Crippen LogP contribution in [0.25, 0.3) is 5.57 Å². The Kier molecular flexibility index (Phi) is 5.55. The van der Waals surface area contributed by atoms with Crippen LogP contribution < -0.4 is 0 Å². The van der Waals surface area contributed by atoms with E-state index in [1.54, 1.807) is 18.4 Å². The van der Waals surface area contributed by atoms with Gasteiger partial charge in [-0.1, -0.05) is 18.2 Å². The van der Waals surface area contributed by atoms with Crippen LogP contribution in [0.15, 0.2) is 23.6 Å². The Morgan fingerprint density at radius 1 is 1.50 bits per heavy atom. The number of thiazole rings is 1. The maximum Gasteiger partial charge on any atom is 0.392 e. The second kappa shape index (κ2) is 6.70. The largest absolute Gasteiger partial charge is 0.396 e. The number of alkyl halides is 3. The van der Waals surface area contributed by atoms with Gasteiger partial charge in [-0.3, -0.25) is 0 Å². The first kappa shape index (κ1) is 14.9. The van der Waals surface area contributed by atoms with Crippen molar-refractivity contribution < 1.29 is 18.3 Å². The Labute approximate surface area is 107 Å². The zero-order valence-corrected chi connectivity index (χ0v) is 10.7. The molecule has 18 heavy (non-hydrogen) atoms. The summed E-state index contributed by atoms with van der Waals surface area (Å²) in [5, 5.41) is 11.2. The Morgan fingerprint density at radius 2 is 2.22 bits per heavy atom. The number of allylic oxidation sites excluding steroid dienone is 4. The molecule has 0 amide bonds. The number of aliphatic hydroxyl groups is 1. The van der Waals surface area contributed by atoms with Crippen molar-refractivity contribution in [2.75, 3.05) is 6.61 Å². The molecule has 0 aliphatic carbocycles. The minimum Gasteiger partial charge on any atom is -0.396 e. The summed E-state index contributed by atoms with van der Waals surface area (Å²) in [4.78, 5) is 4.24. The molecule has 0 aliphatic rings. The average molecular weight is 277 g/mol. The van der Waals surface area contributed by atoms with Crippen LogP contribution in [0.5, 0.6) is 0 Å². The summed E-state index contributed by atoms with van der Waals surface area (Å²) in [7, 11) is 0. The van der Waals surface area contributed by atoms with Crippen LogP contribution in [-0.2, 0) is 6.42 Å². The summed E-state index contributed by atoms with van der Waals surface area (Å²) in [6.45, 7) is 1.76. The number of nitrogens with zero attached hydrogens (tertiary/aromatic N) is 1. The molecule has 1 heterocycles. The van der Waals surface area contributed by atoms with Crippen molar-refractivity contribution in [3.05, 3.63) is 34.3 Å². The Balaban J connectivity index is 2.71. The van der Waals surface area contributed by atoms with Crippen LogP contribution in [0.2, 0.25) is 0 Å². The summed E-state index contributed by atoms with van der Waals surface area (Å²) in [6, 6.07) is 0. The van der Waals surface area contributed by atoms with Gasteiger partial charge in [-0.15, -0.1) is 11.3 Å². The predicted octanol–water partition coefficient (Wildman–Crippen LogP) is 3.59. The van der Waals surface area contributed by atoms with E-state index in [1.165, 1.54) is 17.4 Å². The van der Waals surface area contributed by atoms with Crippen molar-refractivity contribution in [1.29, 1.82) is 0 Å². The second-order valence-corrected chi connectivity index (χ2v) is 4.44. The molecule has 1 rings (SSSR count). The molecule has 0 radical (unpaired) electrons. The third-order valence-corrected chi connectivity index (χ3v) is 3.06. The molecule has 100 valence electrons. The van der Waals surface area contributed by atoms with Crippen LogP contribution in [0.4, 0.5) is 13.2 Å². The van der Waals surface area contributed by atoms with E-state index in [2.05, 4.69) is 4.98 Å². The second-order valence-electron chi connectivity index (χ2n) is 3.58. The molecule has 2 nitrogen and oxygen atoms in total. The number of hydrogen-bond donors (Lipinski definition) is 1. The Hall–Kier alpha value is -1.14. The molecule has 0 aromatic carbocycles. The van der Waals surface area contributed by atoms with Crippen molar-refractivity contribution in [3.63, 3.8) is 0 Å². The van der Waals surface area contributed by atoms with Gasteiger partial charge in [0.25, 0.3) is 0 Å². The van der Waals surface area contributed by atoms with Crippen LogP contribution in [0.1, 0.15) is 24.0 Å². The van der Waals surface area contributed by atoms with Crippen molar-refractivity contribution in [2.45, 2.75) is 25.9 Å². The van der Waals surface area contributed by atoms with Crippen molar-refractivity contribution in [1.82, 2.24) is 4.98 Å². The van der Waals surface area contributed by atoms with Crippen LogP contribution >= 0.6 is 11.3 Å². The molecule has 1 aromatic rings. The smallest absolute Gasteiger partial charge is 0.392 e. The number of aromatic nitrogens is 1. The van der Waals surface area contributed by atoms with Gasteiger partial charge in [0.1, 0.15) is 5.01 Å². The zero-order chi connectivity index (χ0) is 13.6. The lowest BCUT2D eigenvalue weighted by molar-refractivity contribution is -0.125. The number of aliphatic hydroxyl groups excluding tert-OH is 1. The molecule has 0 bridgehead atoms. The van der Waals surface area contributed by atoms with Gasteiger partial charge in [0.05, 0.1) is 12.1 Å². The van der Waals surface area contributed by atoms with E-state index in [-0.39, 0.29) is 6.61 Å². The van der Waals surface area contributed by atoms with E-state index in [0.717, 1.165) is 11.8 Å². The van der Waals surface area contributed by atoms with E-state index in [0.29, 0.717) is 17.0 Å². The summed E-state index contributed by atoms with van der Waals surface area (Å²) >= 11 is 1.36. The Bertz CT molecular complexity index is 435. The summed E-state index contributed by atoms with van der Waals surface area (Å²) in [5.74, 6) is 0. The molecule has 0 saturated heterocycles.